The van der Waals surface area contributed by atoms with Crippen LogP contribution in [0.15, 0.2) is 11.6 Å². The van der Waals surface area contributed by atoms with E-state index in [-0.39, 0.29) is 45.3 Å². The van der Waals surface area contributed by atoms with E-state index in [4.69, 9.17) is 4.74 Å². The maximum absolute atomic E-state index is 11.9. The smallest absolute Gasteiger partial charge is 0.302 e. The zero-order valence-electron chi connectivity index (χ0n) is 24.1. The maximum Gasteiger partial charge on any atom is 0.302 e. The average Bonchev–Trinajstić information content (AvgIpc) is 2.72. The van der Waals surface area contributed by atoms with Crippen LogP contribution in [-0.2, 0) is 9.53 Å². The first-order chi connectivity index (χ1) is 16.0. The molecular formula is C32H52O3. The summed E-state index contributed by atoms with van der Waals surface area (Å²) in [6.07, 6.45) is 12.7. The molecule has 9 unspecified atom stereocenters. The van der Waals surface area contributed by atoms with Gasteiger partial charge in [-0.25, -0.2) is 0 Å². The van der Waals surface area contributed by atoms with Crippen LogP contribution in [0.25, 0.3) is 0 Å². The summed E-state index contributed by atoms with van der Waals surface area (Å²) < 4.78 is 5.89. The van der Waals surface area contributed by atoms with Gasteiger partial charge in [0, 0.05) is 17.8 Å². The van der Waals surface area contributed by atoms with Crippen molar-refractivity contribution in [2.75, 3.05) is 0 Å². The number of aliphatic hydroxyl groups excluding tert-OH is 1. The number of esters is 1. The number of carbonyl (C=O) groups is 1. The molecule has 0 heterocycles. The number of fused-ring (bicyclic) bond motifs is 7. The Labute approximate surface area is 214 Å². The second-order valence-electron chi connectivity index (χ2n) is 15.9. The number of ether oxygens (including phenoxy) is 1. The van der Waals surface area contributed by atoms with Crippen LogP contribution < -0.4 is 0 Å². The molecule has 198 valence electrons. The predicted molar refractivity (Wildman–Crippen MR) is 142 cm³/mol. The van der Waals surface area contributed by atoms with E-state index in [0.717, 1.165) is 25.7 Å². The lowest BCUT2D eigenvalue weighted by Gasteiger charge is -2.72. The largest absolute Gasteiger partial charge is 0.462 e. The summed E-state index contributed by atoms with van der Waals surface area (Å²) in [4.78, 5) is 11.9. The van der Waals surface area contributed by atoms with Crippen molar-refractivity contribution < 1.29 is 14.6 Å². The van der Waals surface area contributed by atoms with Gasteiger partial charge in [0.05, 0.1) is 6.10 Å². The Morgan fingerprint density at radius 1 is 0.886 bits per heavy atom. The standard InChI is InChI=1S/C32H52O3/c1-20(33)35-26-13-14-30(7)23(28(26,4)5)12-15-31(8)24(30)11-10-21-22-18-27(2,3)16-17-29(22,6)25(34)19-32(21,31)9/h10,22-26,34H,11-19H2,1-9H3. The average molecular weight is 485 g/mol. The predicted octanol–water partition coefficient (Wildman–Crippen LogP) is 7.71. The molecule has 9 atom stereocenters. The van der Waals surface area contributed by atoms with Gasteiger partial charge in [0.2, 0.25) is 0 Å². The van der Waals surface area contributed by atoms with E-state index in [1.165, 1.54) is 32.1 Å². The maximum atomic E-state index is 11.9. The molecule has 0 bridgehead atoms. The highest BCUT2D eigenvalue weighted by molar-refractivity contribution is 5.66. The lowest BCUT2D eigenvalue weighted by Crippen LogP contribution is -2.66. The van der Waals surface area contributed by atoms with Crippen LogP contribution in [0.4, 0.5) is 0 Å². The Hall–Kier alpha value is -0.830. The van der Waals surface area contributed by atoms with Crippen LogP contribution in [0.1, 0.15) is 120 Å². The third-order valence-corrected chi connectivity index (χ3v) is 13.4. The summed E-state index contributed by atoms with van der Waals surface area (Å²) in [7, 11) is 0. The van der Waals surface area contributed by atoms with Crippen LogP contribution in [0.2, 0.25) is 0 Å². The van der Waals surface area contributed by atoms with Crippen molar-refractivity contribution in [3.05, 3.63) is 11.6 Å². The van der Waals surface area contributed by atoms with Gasteiger partial charge in [-0.2, -0.15) is 0 Å². The Morgan fingerprint density at radius 3 is 2.23 bits per heavy atom. The van der Waals surface area contributed by atoms with E-state index in [0.29, 0.717) is 23.2 Å². The quantitative estimate of drug-likeness (QED) is 0.306. The molecule has 3 heteroatoms. The highest BCUT2D eigenvalue weighted by Gasteiger charge is 2.69. The Balaban J connectivity index is 1.55. The SMILES string of the molecule is CC(=O)OC1CCC2(C)C(CCC3(C)C2CC=C2C4CC(C)(C)CCC4(C)C(O)CC23C)C1(C)C. The van der Waals surface area contributed by atoms with Gasteiger partial charge in [0.1, 0.15) is 6.10 Å². The summed E-state index contributed by atoms with van der Waals surface area (Å²) in [6, 6.07) is 0. The van der Waals surface area contributed by atoms with Crippen LogP contribution in [-0.4, -0.2) is 23.3 Å². The fraction of sp³-hybridized carbons (Fsp3) is 0.906. The van der Waals surface area contributed by atoms with Crippen LogP contribution in [0.3, 0.4) is 0 Å². The molecule has 0 aromatic heterocycles. The highest BCUT2D eigenvalue weighted by Crippen LogP contribution is 2.75. The number of aliphatic hydroxyl groups is 1. The van der Waals surface area contributed by atoms with Gasteiger partial charge in [-0.3, -0.25) is 4.79 Å². The fourth-order valence-corrected chi connectivity index (χ4v) is 11.0. The van der Waals surface area contributed by atoms with Crippen LogP contribution >= 0.6 is 0 Å². The zero-order valence-corrected chi connectivity index (χ0v) is 24.1. The minimum Gasteiger partial charge on any atom is -0.462 e. The van der Waals surface area contributed by atoms with Crippen molar-refractivity contribution in [3.8, 4) is 0 Å². The molecule has 5 aliphatic carbocycles. The second kappa shape index (κ2) is 7.61. The normalized spacial score (nSPS) is 52.2. The molecule has 0 amide bonds. The van der Waals surface area contributed by atoms with Crippen LogP contribution in [0.5, 0.6) is 0 Å². The third kappa shape index (κ3) is 3.34. The summed E-state index contributed by atoms with van der Waals surface area (Å²) in [6.45, 7) is 21.3. The molecule has 0 aromatic carbocycles. The number of hydrogen-bond acceptors (Lipinski definition) is 3. The lowest BCUT2D eigenvalue weighted by molar-refractivity contribution is -0.219. The molecule has 0 saturated heterocycles. The van der Waals surface area contributed by atoms with E-state index in [1.54, 1.807) is 12.5 Å². The Bertz CT molecular complexity index is 931. The van der Waals surface area contributed by atoms with Gasteiger partial charge >= 0.3 is 5.97 Å². The molecule has 0 radical (unpaired) electrons. The number of rotatable bonds is 1. The summed E-state index contributed by atoms with van der Waals surface area (Å²) in [5.74, 6) is 1.52. The Kier molecular flexibility index (Phi) is 5.61. The third-order valence-electron chi connectivity index (χ3n) is 13.4. The van der Waals surface area contributed by atoms with Gasteiger partial charge in [0.25, 0.3) is 0 Å². The van der Waals surface area contributed by atoms with Crippen molar-refractivity contribution >= 4 is 5.97 Å². The summed E-state index contributed by atoms with van der Waals surface area (Å²) in [5, 5.41) is 11.8. The molecular weight excluding hydrogens is 432 g/mol. The highest BCUT2D eigenvalue weighted by atomic mass is 16.5. The molecule has 35 heavy (non-hydrogen) atoms. The molecule has 5 rings (SSSR count). The van der Waals surface area contributed by atoms with Crippen molar-refractivity contribution in [3.63, 3.8) is 0 Å². The first-order valence-electron chi connectivity index (χ1n) is 14.6. The minimum atomic E-state index is -0.219. The molecule has 5 aliphatic rings. The number of hydrogen-bond donors (Lipinski definition) is 1. The summed E-state index contributed by atoms with van der Waals surface area (Å²) in [5.41, 5.74) is 2.54. The first kappa shape index (κ1) is 25.8. The van der Waals surface area contributed by atoms with Gasteiger partial charge in [-0.1, -0.05) is 67.0 Å². The monoisotopic (exact) mass is 484 g/mol. The number of allylic oxidation sites excluding steroid dienone is 2. The van der Waals surface area contributed by atoms with Gasteiger partial charge in [0.15, 0.2) is 0 Å². The fourth-order valence-electron chi connectivity index (χ4n) is 11.0. The van der Waals surface area contributed by atoms with E-state index in [1.807, 2.05) is 0 Å². The molecule has 1 N–H and O–H groups in total. The molecule has 0 aliphatic heterocycles. The molecule has 0 spiro atoms. The Morgan fingerprint density at radius 2 is 1.57 bits per heavy atom. The topological polar surface area (TPSA) is 46.5 Å². The van der Waals surface area contributed by atoms with Crippen LogP contribution in [0, 0.1) is 50.2 Å². The second-order valence-corrected chi connectivity index (χ2v) is 15.9. The van der Waals surface area contributed by atoms with E-state index in [2.05, 4.69) is 61.5 Å². The molecule has 4 fully saturated rings. The minimum absolute atomic E-state index is 0.0110. The molecule has 4 saturated carbocycles. The van der Waals surface area contributed by atoms with Gasteiger partial charge < -0.3 is 9.84 Å². The van der Waals surface area contributed by atoms with E-state index in [9.17, 15) is 9.90 Å². The number of carbonyl (C=O) groups excluding carboxylic acids is 1. The van der Waals surface area contributed by atoms with Crippen molar-refractivity contribution in [2.45, 2.75) is 132 Å². The van der Waals surface area contributed by atoms with Crippen molar-refractivity contribution in [1.82, 2.24) is 0 Å². The van der Waals surface area contributed by atoms with Gasteiger partial charge in [-0.15, -0.1) is 0 Å². The zero-order chi connectivity index (χ0) is 25.8. The van der Waals surface area contributed by atoms with Crippen molar-refractivity contribution in [1.29, 1.82) is 0 Å². The van der Waals surface area contributed by atoms with E-state index < -0.39 is 0 Å². The molecule has 3 nitrogen and oxygen atoms in total. The molecule has 0 aromatic rings. The van der Waals surface area contributed by atoms with Gasteiger partial charge in [-0.05, 0) is 97.2 Å². The lowest BCUT2D eigenvalue weighted by atomic mass is 9.33. The van der Waals surface area contributed by atoms with Crippen molar-refractivity contribution in [2.24, 2.45) is 50.2 Å². The first-order valence-corrected chi connectivity index (χ1v) is 14.6. The van der Waals surface area contributed by atoms with E-state index >= 15 is 0 Å². The summed E-state index contributed by atoms with van der Waals surface area (Å²) >= 11 is 0.